The van der Waals surface area contributed by atoms with E-state index < -0.39 is 24.0 Å². The van der Waals surface area contributed by atoms with Crippen molar-refractivity contribution in [2.75, 3.05) is 27.7 Å². The van der Waals surface area contributed by atoms with Gasteiger partial charge in [0, 0.05) is 12.8 Å². The van der Waals surface area contributed by atoms with Gasteiger partial charge in [0.2, 0.25) is 18.2 Å². The van der Waals surface area contributed by atoms with Gasteiger partial charge < -0.3 is 14.2 Å². The van der Waals surface area contributed by atoms with E-state index in [1.807, 2.05) is 21.1 Å². The summed E-state index contributed by atoms with van der Waals surface area (Å²) in [6.07, 6.45) is 26.2. The maximum absolute atomic E-state index is 13.9. The molecule has 1 atom stereocenters. The van der Waals surface area contributed by atoms with Crippen molar-refractivity contribution in [3.8, 4) is 0 Å². The van der Waals surface area contributed by atoms with E-state index in [9.17, 15) is 19.3 Å². The highest BCUT2D eigenvalue weighted by Gasteiger charge is 2.46. The van der Waals surface area contributed by atoms with Gasteiger partial charge in [-0.2, -0.15) is 0 Å². The lowest BCUT2D eigenvalue weighted by Gasteiger charge is -2.30. The van der Waals surface area contributed by atoms with E-state index in [0.29, 0.717) is 17.3 Å². The number of likely N-dealkylation sites (N-methyl/N-ethyl adjacent to an activating group) is 1. The molecule has 0 rings (SSSR count). The lowest BCUT2D eigenvalue weighted by molar-refractivity contribution is -0.872. The van der Waals surface area contributed by atoms with Gasteiger partial charge in [-0.05, 0) is 12.8 Å². The number of unbranched alkanes of at least 4 members (excludes halogenated alkanes) is 20. The first-order chi connectivity index (χ1) is 18.6. The maximum Gasteiger partial charge on any atom is 0.243 e. The molecule has 6 heteroatoms. The van der Waals surface area contributed by atoms with E-state index in [1.165, 1.54) is 103 Å². The first-order valence-corrected chi connectivity index (χ1v) is 18.5. The second-order valence-electron chi connectivity index (χ2n) is 13.0. The number of quaternary nitrogens is 1. The van der Waals surface area contributed by atoms with E-state index in [1.54, 1.807) is 0 Å². The minimum absolute atomic E-state index is 0.144. The molecule has 0 spiro atoms. The summed E-state index contributed by atoms with van der Waals surface area (Å²) in [4.78, 5) is 26.3. The van der Waals surface area contributed by atoms with Crippen molar-refractivity contribution in [3.63, 3.8) is 0 Å². The zero-order valence-corrected chi connectivity index (χ0v) is 27.7. The molecule has 0 aromatic heterocycles. The van der Waals surface area contributed by atoms with E-state index in [4.69, 9.17) is 0 Å². The van der Waals surface area contributed by atoms with Crippen molar-refractivity contribution in [1.82, 2.24) is 0 Å². The Morgan fingerprint density at radius 3 is 1.05 bits per heavy atom. The number of nitrogens with zero attached hydrogens (tertiary/aromatic N) is 1. The van der Waals surface area contributed by atoms with Gasteiger partial charge >= 0.3 is 0 Å². The van der Waals surface area contributed by atoms with Gasteiger partial charge in [0.1, 0.15) is 6.54 Å². The Kier molecular flexibility index (Phi) is 23.8. The average Bonchev–Trinajstić information content (AvgIpc) is 2.88. The Bertz CT molecular complexity index is 617. The number of rotatable bonds is 29. The number of hydrogen-bond acceptors (Lipinski definition) is 4. The molecule has 0 heterocycles. The predicted molar refractivity (Wildman–Crippen MR) is 169 cm³/mol. The lowest BCUT2D eigenvalue weighted by Crippen LogP contribution is -2.42. The van der Waals surface area contributed by atoms with Crippen molar-refractivity contribution in [2.45, 2.75) is 174 Å². The minimum Gasteiger partial charge on any atom is -0.379 e. The fraction of sp³-hybridized carbons (Fsp3) is 0.939. The summed E-state index contributed by atoms with van der Waals surface area (Å²) in [7, 11) is 1.67. The van der Waals surface area contributed by atoms with Crippen LogP contribution in [0.1, 0.15) is 168 Å². The van der Waals surface area contributed by atoms with Crippen molar-refractivity contribution >= 4 is 18.2 Å². The fourth-order valence-corrected chi connectivity index (χ4v) is 7.93. The molecule has 0 bridgehead atoms. The molecule has 1 unspecified atom stereocenters. The second kappa shape index (κ2) is 24.1. The topological polar surface area (TPSA) is 71.4 Å². The van der Waals surface area contributed by atoms with Crippen LogP contribution in [0.4, 0.5) is 0 Å². The summed E-state index contributed by atoms with van der Waals surface area (Å²) in [6.45, 7) is 4.62. The standard InChI is InChI=1S/C33H67NO4P/c1-6-8-10-12-14-16-18-20-22-24-26-28-31(35)39(38,33(37)30-34(3,4)5)32(36)29-27-25-23-21-19-17-15-13-11-9-7-2/h33,37H,6-30H2,1-5H3/q+1. The zero-order valence-electron chi connectivity index (χ0n) is 26.8. The molecular weight excluding hydrogens is 505 g/mol. The van der Waals surface area contributed by atoms with E-state index in [2.05, 4.69) is 13.8 Å². The van der Waals surface area contributed by atoms with Crippen LogP contribution >= 0.6 is 7.14 Å². The molecule has 0 aliphatic heterocycles. The van der Waals surface area contributed by atoms with E-state index in [-0.39, 0.29) is 19.4 Å². The van der Waals surface area contributed by atoms with Crippen molar-refractivity contribution < 1.29 is 23.7 Å². The Hall–Kier alpha value is -0.510. The lowest BCUT2D eigenvalue weighted by atomic mass is 10.1. The molecule has 0 aliphatic rings. The molecule has 0 aliphatic carbocycles. The minimum atomic E-state index is -3.99. The van der Waals surface area contributed by atoms with Crippen molar-refractivity contribution in [1.29, 1.82) is 0 Å². The molecule has 0 saturated carbocycles. The van der Waals surface area contributed by atoms with Gasteiger partial charge in [0.05, 0.1) is 21.1 Å². The summed E-state index contributed by atoms with van der Waals surface area (Å²) < 4.78 is 14.2. The van der Waals surface area contributed by atoms with Crippen LogP contribution in [0.5, 0.6) is 0 Å². The normalized spacial score (nSPS) is 13.1. The second-order valence-corrected chi connectivity index (χ2v) is 15.9. The van der Waals surface area contributed by atoms with Crippen LogP contribution in [0.25, 0.3) is 0 Å². The zero-order chi connectivity index (χ0) is 29.4. The van der Waals surface area contributed by atoms with Crippen LogP contribution in [-0.4, -0.2) is 54.2 Å². The van der Waals surface area contributed by atoms with Crippen LogP contribution in [-0.2, 0) is 14.2 Å². The van der Waals surface area contributed by atoms with Crippen molar-refractivity contribution in [2.24, 2.45) is 0 Å². The van der Waals surface area contributed by atoms with Crippen LogP contribution < -0.4 is 0 Å². The third-order valence-electron chi connectivity index (χ3n) is 7.86. The highest BCUT2D eigenvalue weighted by molar-refractivity contribution is 7.94. The van der Waals surface area contributed by atoms with Gasteiger partial charge in [-0.3, -0.25) is 9.59 Å². The average molecular weight is 573 g/mol. The first kappa shape index (κ1) is 38.5. The highest BCUT2D eigenvalue weighted by atomic mass is 31.2. The maximum atomic E-state index is 13.9. The number of carbonyl (C=O) groups excluding carboxylic acids is 2. The molecule has 0 aromatic rings. The fourth-order valence-electron chi connectivity index (χ4n) is 5.29. The van der Waals surface area contributed by atoms with E-state index >= 15 is 0 Å². The van der Waals surface area contributed by atoms with Gasteiger partial charge in [-0.1, -0.05) is 142 Å². The Morgan fingerprint density at radius 1 is 0.538 bits per heavy atom. The molecule has 232 valence electrons. The monoisotopic (exact) mass is 572 g/mol. The SMILES string of the molecule is CCCCCCCCCCCCCC(=O)P(=O)(C(=O)CCCCCCCCCCCCC)C(O)C[N+](C)(C)C. The molecule has 0 radical (unpaired) electrons. The predicted octanol–water partition coefficient (Wildman–Crippen LogP) is 9.83. The summed E-state index contributed by atoms with van der Waals surface area (Å²) in [5.74, 6) is -1.38. The highest BCUT2D eigenvalue weighted by Crippen LogP contribution is 2.54. The van der Waals surface area contributed by atoms with Crippen LogP contribution in [0, 0.1) is 0 Å². The van der Waals surface area contributed by atoms with Gasteiger partial charge in [-0.15, -0.1) is 0 Å². The molecule has 0 fully saturated rings. The third kappa shape index (κ3) is 20.1. The van der Waals surface area contributed by atoms with Gasteiger partial charge in [0.25, 0.3) is 0 Å². The summed E-state index contributed by atoms with van der Waals surface area (Å²) >= 11 is 0. The summed E-state index contributed by atoms with van der Waals surface area (Å²) in [5.41, 5.74) is -0.986. The van der Waals surface area contributed by atoms with Crippen LogP contribution in [0.2, 0.25) is 0 Å². The van der Waals surface area contributed by atoms with Crippen LogP contribution in [0.3, 0.4) is 0 Å². The largest absolute Gasteiger partial charge is 0.379 e. The number of aliphatic hydroxyl groups excluding tert-OH is 1. The Morgan fingerprint density at radius 2 is 0.795 bits per heavy atom. The summed E-state index contributed by atoms with van der Waals surface area (Å²) in [5, 5.41) is 10.9. The van der Waals surface area contributed by atoms with Gasteiger partial charge in [0.15, 0.2) is 5.85 Å². The summed E-state index contributed by atoms with van der Waals surface area (Å²) in [6, 6.07) is 0. The third-order valence-corrected chi connectivity index (χ3v) is 10.8. The first-order valence-electron chi connectivity index (χ1n) is 16.7. The molecule has 0 saturated heterocycles. The smallest absolute Gasteiger partial charge is 0.243 e. The molecule has 1 N–H and O–H groups in total. The van der Waals surface area contributed by atoms with E-state index in [0.717, 1.165) is 25.7 Å². The quantitative estimate of drug-likeness (QED) is 0.0550. The van der Waals surface area contributed by atoms with Crippen molar-refractivity contribution in [3.05, 3.63) is 0 Å². The number of hydrogen-bond donors (Lipinski definition) is 1. The molecule has 5 nitrogen and oxygen atoms in total. The van der Waals surface area contributed by atoms with Gasteiger partial charge in [-0.25, -0.2) is 0 Å². The molecule has 0 amide bonds. The Balaban J connectivity index is 4.46. The van der Waals surface area contributed by atoms with Crippen LogP contribution in [0.15, 0.2) is 0 Å². The molecule has 0 aromatic carbocycles. The number of aliphatic hydroxyl groups is 1. The Labute approximate surface area is 243 Å². The number of carbonyl (C=O) groups is 2. The molecule has 39 heavy (non-hydrogen) atoms. The molecular formula is C33H67NO4P+.